The molecule has 0 aliphatic heterocycles. The Morgan fingerprint density at radius 1 is 1.17 bits per heavy atom. The average Bonchev–Trinajstić information content (AvgIpc) is 3.36. The molecule has 0 saturated heterocycles. The van der Waals surface area contributed by atoms with Gasteiger partial charge in [0.2, 0.25) is 5.89 Å². The van der Waals surface area contributed by atoms with Crippen LogP contribution in [0.15, 0.2) is 34.7 Å². The van der Waals surface area contributed by atoms with Gasteiger partial charge in [-0.1, -0.05) is 26.8 Å². The van der Waals surface area contributed by atoms with Crippen molar-refractivity contribution in [3.63, 3.8) is 0 Å². The van der Waals surface area contributed by atoms with Crippen LogP contribution >= 0.6 is 0 Å². The summed E-state index contributed by atoms with van der Waals surface area (Å²) in [4.78, 5) is 12.9. The first-order valence-corrected chi connectivity index (χ1v) is 10.7. The zero-order chi connectivity index (χ0) is 21.3. The molecule has 7 nitrogen and oxygen atoms in total. The lowest BCUT2D eigenvalue weighted by Gasteiger charge is -2.27. The lowest BCUT2D eigenvalue weighted by Crippen LogP contribution is -2.37. The molecule has 1 amide bonds. The maximum absolute atomic E-state index is 12.9. The van der Waals surface area contributed by atoms with E-state index in [0.717, 1.165) is 30.1 Å². The summed E-state index contributed by atoms with van der Waals surface area (Å²) < 4.78 is 7.41. The monoisotopic (exact) mass is 407 g/mol. The van der Waals surface area contributed by atoms with Crippen LogP contribution in [0.2, 0.25) is 0 Å². The van der Waals surface area contributed by atoms with Crippen molar-refractivity contribution < 1.29 is 9.21 Å². The number of rotatable bonds is 5. The molecule has 2 heterocycles. The van der Waals surface area contributed by atoms with Gasteiger partial charge >= 0.3 is 0 Å². The molecule has 0 radical (unpaired) electrons. The molecule has 3 aromatic rings. The van der Waals surface area contributed by atoms with E-state index in [1.165, 1.54) is 12.8 Å². The molecule has 1 aromatic carbocycles. The maximum atomic E-state index is 12.9. The highest BCUT2D eigenvalue weighted by Crippen LogP contribution is 2.26. The largest absolute Gasteiger partial charge is 0.420 e. The van der Waals surface area contributed by atoms with Crippen molar-refractivity contribution in [2.75, 3.05) is 0 Å². The van der Waals surface area contributed by atoms with Gasteiger partial charge in [-0.05, 0) is 61.8 Å². The molecule has 7 heteroatoms. The van der Waals surface area contributed by atoms with Gasteiger partial charge in [0.1, 0.15) is 5.69 Å². The predicted octanol–water partition coefficient (Wildman–Crippen LogP) is 4.66. The van der Waals surface area contributed by atoms with Crippen molar-refractivity contribution in [2.45, 2.75) is 65.3 Å². The van der Waals surface area contributed by atoms with Crippen molar-refractivity contribution >= 4 is 5.91 Å². The van der Waals surface area contributed by atoms with Crippen molar-refractivity contribution in [3.8, 4) is 17.3 Å². The van der Waals surface area contributed by atoms with E-state index in [-0.39, 0.29) is 17.9 Å². The van der Waals surface area contributed by atoms with Gasteiger partial charge in [0.15, 0.2) is 0 Å². The number of benzene rings is 1. The first kappa shape index (κ1) is 20.3. The number of aromatic nitrogens is 4. The molecule has 1 aliphatic rings. The molecule has 30 heavy (non-hydrogen) atoms. The number of hydrogen-bond acceptors (Lipinski definition) is 5. The third-order valence-corrected chi connectivity index (χ3v) is 5.78. The van der Waals surface area contributed by atoms with Gasteiger partial charge in [0.25, 0.3) is 11.8 Å². The highest BCUT2D eigenvalue weighted by Gasteiger charge is 2.21. The van der Waals surface area contributed by atoms with Gasteiger partial charge in [-0.25, -0.2) is 4.68 Å². The molecule has 158 valence electrons. The van der Waals surface area contributed by atoms with Crippen LogP contribution < -0.4 is 5.32 Å². The molecule has 0 bridgehead atoms. The van der Waals surface area contributed by atoms with E-state index < -0.39 is 0 Å². The summed E-state index contributed by atoms with van der Waals surface area (Å²) >= 11 is 0. The van der Waals surface area contributed by atoms with Gasteiger partial charge in [0, 0.05) is 24.2 Å². The van der Waals surface area contributed by atoms with E-state index in [0.29, 0.717) is 23.0 Å². The van der Waals surface area contributed by atoms with Gasteiger partial charge < -0.3 is 9.73 Å². The van der Waals surface area contributed by atoms with Crippen LogP contribution in [0.25, 0.3) is 17.3 Å². The molecule has 0 unspecified atom stereocenters. The van der Waals surface area contributed by atoms with Gasteiger partial charge in [-0.3, -0.25) is 4.79 Å². The zero-order valence-corrected chi connectivity index (χ0v) is 18.1. The van der Waals surface area contributed by atoms with Gasteiger partial charge in [-0.2, -0.15) is 5.10 Å². The normalized spacial score (nSPS) is 19.2. The summed E-state index contributed by atoms with van der Waals surface area (Å²) in [6.07, 6.45) is 4.45. The summed E-state index contributed by atoms with van der Waals surface area (Å²) in [6, 6.07) is 9.83. The molecular formula is C23H29N5O2. The van der Waals surface area contributed by atoms with Crippen LogP contribution in [-0.2, 0) is 0 Å². The molecule has 0 spiro atoms. The van der Waals surface area contributed by atoms with E-state index in [9.17, 15) is 4.79 Å². The van der Waals surface area contributed by atoms with Crippen LogP contribution in [0.1, 0.15) is 74.3 Å². The van der Waals surface area contributed by atoms with E-state index >= 15 is 0 Å². The summed E-state index contributed by atoms with van der Waals surface area (Å²) in [5.41, 5.74) is 3.13. The minimum absolute atomic E-state index is 0.0256. The maximum Gasteiger partial charge on any atom is 0.268 e. The minimum Gasteiger partial charge on any atom is -0.420 e. The third-order valence-electron chi connectivity index (χ3n) is 5.78. The average molecular weight is 408 g/mol. The number of carbonyl (C=O) groups is 1. The zero-order valence-electron chi connectivity index (χ0n) is 18.1. The third kappa shape index (κ3) is 4.30. The Labute approximate surface area is 176 Å². The van der Waals surface area contributed by atoms with Crippen LogP contribution in [0, 0.1) is 12.8 Å². The summed E-state index contributed by atoms with van der Waals surface area (Å²) in [5.74, 6) is 1.86. The second kappa shape index (κ2) is 8.42. The predicted molar refractivity (Wildman–Crippen MR) is 115 cm³/mol. The Kier molecular flexibility index (Phi) is 5.70. The Hall–Kier alpha value is -2.96. The van der Waals surface area contributed by atoms with Crippen molar-refractivity contribution in [1.29, 1.82) is 0 Å². The lowest BCUT2D eigenvalue weighted by molar-refractivity contribution is 0.0923. The number of amides is 1. The fourth-order valence-corrected chi connectivity index (χ4v) is 3.97. The molecule has 1 fully saturated rings. The fourth-order valence-electron chi connectivity index (χ4n) is 3.97. The van der Waals surface area contributed by atoms with Crippen LogP contribution in [0.3, 0.4) is 0 Å². The molecule has 1 N–H and O–H groups in total. The Bertz CT molecular complexity index is 1030. The number of nitrogens with one attached hydrogen (secondary N) is 1. The SMILES string of the molecule is Cc1nnc(-c2cc(C(C)C)n(-c3cccc(C(=O)NC4CCC(C)CC4)c3)n2)o1. The second-order valence-electron chi connectivity index (χ2n) is 8.63. The van der Waals surface area contributed by atoms with Crippen molar-refractivity contribution in [1.82, 2.24) is 25.3 Å². The summed E-state index contributed by atoms with van der Waals surface area (Å²) in [7, 11) is 0. The fraction of sp³-hybridized carbons (Fsp3) is 0.478. The lowest BCUT2D eigenvalue weighted by atomic mass is 9.87. The number of nitrogens with zero attached hydrogens (tertiary/aromatic N) is 4. The topological polar surface area (TPSA) is 85.8 Å². The molecular weight excluding hydrogens is 378 g/mol. The molecule has 0 atom stereocenters. The molecule has 1 saturated carbocycles. The van der Waals surface area contributed by atoms with Gasteiger partial charge in [-0.15, -0.1) is 10.2 Å². The quantitative estimate of drug-likeness (QED) is 0.665. The molecule has 1 aliphatic carbocycles. The van der Waals surface area contributed by atoms with E-state index in [1.54, 1.807) is 6.92 Å². The summed E-state index contributed by atoms with van der Waals surface area (Å²) in [6.45, 7) is 8.25. The van der Waals surface area contributed by atoms with E-state index in [1.807, 2.05) is 35.0 Å². The smallest absolute Gasteiger partial charge is 0.268 e. The standard InChI is InChI=1S/C23H29N5O2/c1-14(2)21-13-20(23-26-25-16(4)30-23)27-28(21)19-7-5-6-17(12-19)22(29)24-18-10-8-15(3)9-11-18/h5-7,12-15,18H,8-11H2,1-4H3,(H,24,29). The number of carbonyl (C=O) groups excluding carboxylic acids is 1. The van der Waals surface area contributed by atoms with Crippen LogP contribution in [0.5, 0.6) is 0 Å². The van der Waals surface area contributed by atoms with Gasteiger partial charge in [0.05, 0.1) is 5.69 Å². The highest BCUT2D eigenvalue weighted by atomic mass is 16.4. The van der Waals surface area contributed by atoms with E-state index in [4.69, 9.17) is 9.52 Å². The number of hydrogen-bond donors (Lipinski definition) is 1. The molecule has 4 rings (SSSR count). The Balaban J connectivity index is 1.60. The molecule has 2 aromatic heterocycles. The van der Waals surface area contributed by atoms with Crippen molar-refractivity contribution in [3.05, 3.63) is 47.5 Å². The summed E-state index contributed by atoms with van der Waals surface area (Å²) in [5, 5.41) is 15.9. The van der Waals surface area contributed by atoms with Crippen LogP contribution in [-0.4, -0.2) is 31.9 Å². The Morgan fingerprint density at radius 3 is 2.60 bits per heavy atom. The second-order valence-corrected chi connectivity index (χ2v) is 8.63. The van der Waals surface area contributed by atoms with E-state index in [2.05, 4.69) is 36.3 Å². The number of aryl methyl sites for hydroxylation is 1. The first-order valence-electron chi connectivity index (χ1n) is 10.7. The Morgan fingerprint density at radius 2 is 1.93 bits per heavy atom. The van der Waals surface area contributed by atoms with Crippen molar-refractivity contribution in [2.24, 2.45) is 5.92 Å². The van der Waals surface area contributed by atoms with Crippen LogP contribution in [0.4, 0.5) is 0 Å². The highest BCUT2D eigenvalue weighted by molar-refractivity contribution is 5.94. The first-order chi connectivity index (χ1) is 14.4. The minimum atomic E-state index is -0.0256.